The van der Waals surface area contributed by atoms with Crippen molar-refractivity contribution in [1.29, 1.82) is 0 Å². The van der Waals surface area contributed by atoms with Crippen LogP contribution < -0.4 is 11.1 Å². The molecular weight excluding hydrogens is 276 g/mol. The molecule has 0 aromatic carbocycles. The summed E-state index contributed by atoms with van der Waals surface area (Å²) in [5.41, 5.74) is 6.12. The number of ether oxygens (including phenoxy) is 1. The summed E-state index contributed by atoms with van der Waals surface area (Å²) in [6.45, 7) is 3.95. The number of hydrogen-bond acceptors (Lipinski definition) is 5. The Morgan fingerprint density at radius 3 is 2.75 bits per heavy atom. The summed E-state index contributed by atoms with van der Waals surface area (Å²) in [5, 5.41) is 3.34. The monoisotopic (exact) mass is 296 g/mol. The largest absolute Gasteiger partial charge is 0.462 e. The Morgan fingerprint density at radius 1 is 1.50 bits per heavy atom. The highest BCUT2D eigenvalue weighted by Gasteiger charge is 2.35. The fourth-order valence-electron chi connectivity index (χ4n) is 2.27. The van der Waals surface area contributed by atoms with Crippen LogP contribution in [0.1, 0.15) is 47.8 Å². The van der Waals surface area contributed by atoms with Gasteiger partial charge in [0.2, 0.25) is 5.91 Å². The molecule has 1 aromatic rings. The van der Waals surface area contributed by atoms with Crippen LogP contribution in [0.15, 0.2) is 6.07 Å². The molecule has 6 heteroatoms. The van der Waals surface area contributed by atoms with Crippen molar-refractivity contribution in [1.82, 2.24) is 0 Å². The van der Waals surface area contributed by atoms with Gasteiger partial charge in [-0.1, -0.05) is 0 Å². The summed E-state index contributed by atoms with van der Waals surface area (Å²) in [4.78, 5) is 24.8. The average molecular weight is 296 g/mol. The smallest absolute Gasteiger partial charge is 0.341 e. The summed E-state index contributed by atoms with van der Waals surface area (Å²) in [6.07, 6.45) is 3.14. The maximum absolute atomic E-state index is 12.0. The fourth-order valence-corrected chi connectivity index (χ4v) is 3.18. The first-order valence-corrected chi connectivity index (χ1v) is 7.61. The standard InChI is InChI=1S/C14H20N2O3S/c1-3-19-13(18)10-7-9(2)20-12(10)16-11(17)8-14(15)5-4-6-14/h7H,3-6,8,15H2,1-2H3,(H,16,17). The Hall–Kier alpha value is -1.40. The number of nitrogens with one attached hydrogen (secondary N) is 1. The predicted octanol–water partition coefficient (Wildman–Crippen LogP) is 2.44. The Kier molecular flexibility index (Phi) is 4.45. The van der Waals surface area contributed by atoms with Crippen LogP contribution in [0, 0.1) is 6.92 Å². The molecule has 5 nitrogen and oxygen atoms in total. The normalized spacial score (nSPS) is 16.4. The van der Waals surface area contributed by atoms with Crippen molar-refractivity contribution in [2.45, 2.75) is 45.1 Å². The van der Waals surface area contributed by atoms with Gasteiger partial charge in [0.05, 0.1) is 12.2 Å². The quantitative estimate of drug-likeness (QED) is 0.818. The van der Waals surface area contributed by atoms with Gasteiger partial charge in [-0.05, 0) is 39.2 Å². The number of amides is 1. The van der Waals surface area contributed by atoms with E-state index in [1.54, 1.807) is 13.0 Å². The summed E-state index contributed by atoms with van der Waals surface area (Å²) in [5.74, 6) is -0.544. The van der Waals surface area contributed by atoms with Crippen LogP contribution in [0.4, 0.5) is 5.00 Å². The third-order valence-corrected chi connectivity index (χ3v) is 4.43. The zero-order chi connectivity index (χ0) is 14.8. The van der Waals surface area contributed by atoms with Gasteiger partial charge in [0.25, 0.3) is 0 Å². The fraction of sp³-hybridized carbons (Fsp3) is 0.571. The molecule has 0 atom stereocenters. The molecule has 20 heavy (non-hydrogen) atoms. The molecule has 2 rings (SSSR count). The molecule has 1 saturated carbocycles. The van der Waals surface area contributed by atoms with Gasteiger partial charge in [0, 0.05) is 16.8 Å². The number of nitrogens with two attached hydrogens (primary N) is 1. The lowest BCUT2D eigenvalue weighted by molar-refractivity contribution is -0.118. The minimum absolute atomic E-state index is 0.139. The summed E-state index contributed by atoms with van der Waals surface area (Å²) < 4.78 is 4.99. The summed E-state index contributed by atoms with van der Waals surface area (Å²) in [6, 6.07) is 1.74. The Labute approximate surface area is 122 Å². The molecule has 1 aliphatic carbocycles. The van der Waals surface area contributed by atoms with Crippen molar-refractivity contribution in [3.05, 3.63) is 16.5 Å². The van der Waals surface area contributed by atoms with E-state index >= 15 is 0 Å². The van der Waals surface area contributed by atoms with Gasteiger partial charge in [0.1, 0.15) is 5.00 Å². The van der Waals surface area contributed by atoms with Crippen LogP contribution in [0.25, 0.3) is 0 Å². The molecule has 0 saturated heterocycles. The van der Waals surface area contributed by atoms with Crippen molar-refractivity contribution in [3.8, 4) is 0 Å². The third kappa shape index (κ3) is 3.37. The van der Waals surface area contributed by atoms with Crippen LogP contribution in [0.2, 0.25) is 0 Å². The zero-order valence-electron chi connectivity index (χ0n) is 11.8. The van der Waals surface area contributed by atoms with Gasteiger partial charge in [-0.25, -0.2) is 4.79 Å². The van der Waals surface area contributed by atoms with E-state index in [4.69, 9.17) is 10.5 Å². The number of anilines is 1. The molecule has 1 aliphatic rings. The predicted molar refractivity (Wildman–Crippen MR) is 79.0 cm³/mol. The lowest BCUT2D eigenvalue weighted by Crippen LogP contribution is -2.48. The molecule has 0 bridgehead atoms. The SMILES string of the molecule is CCOC(=O)c1cc(C)sc1NC(=O)CC1(N)CCC1. The second-order valence-electron chi connectivity index (χ2n) is 5.26. The van der Waals surface area contributed by atoms with Crippen molar-refractivity contribution in [2.24, 2.45) is 5.73 Å². The topological polar surface area (TPSA) is 81.4 Å². The van der Waals surface area contributed by atoms with E-state index in [0.29, 0.717) is 23.6 Å². The van der Waals surface area contributed by atoms with Crippen molar-refractivity contribution in [3.63, 3.8) is 0 Å². The lowest BCUT2D eigenvalue weighted by Gasteiger charge is -2.37. The van der Waals surface area contributed by atoms with Crippen LogP contribution in [-0.4, -0.2) is 24.0 Å². The molecule has 1 aromatic heterocycles. The third-order valence-electron chi connectivity index (χ3n) is 3.47. The molecule has 3 N–H and O–H groups in total. The number of carbonyl (C=O) groups excluding carboxylic acids is 2. The van der Waals surface area contributed by atoms with E-state index in [9.17, 15) is 9.59 Å². The molecule has 0 aliphatic heterocycles. The molecule has 1 fully saturated rings. The number of rotatable bonds is 5. The number of thiophene rings is 1. The van der Waals surface area contributed by atoms with E-state index in [1.807, 2.05) is 6.92 Å². The van der Waals surface area contributed by atoms with Gasteiger partial charge in [0.15, 0.2) is 0 Å². The van der Waals surface area contributed by atoms with Crippen molar-refractivity contribution in [2.75, 3.05) is 11.9 Å². The first-order chi connectivity index (χ1) is 9.43. The average Bonchev–Trinajstić information content (AvgIpc) is 2.68. The number of carbonyl (C=O) groups is 2. The second-order valence-corrected chi connectivity index (χ2v) is 6.52. The molecule has 0 spiro atoms. The zero-order valence-corrected chi connectivity index (χ0v) is 12.6. The van der Waals surface area contributed by atoms with Gasteiger partial charge >= 0.3 is 5.97 Å². The van der Waals surface area contributed by atoms with Crippen LogP contribution in [-0.2, 0) is 9.53 Å². The number of aryl methyl sites for hydroxylation is 1. The molecule has 110 valence electrons. The first-order valence-electron chi connectivity index (χ1n) is 6.80. The molecule has 0 unspecified atom stereocenters. The molecule has 1 amide bonds. The van der Waals surface area contributed by atoms with Crippen LogP contribution in [0.5, 0.6) is 0 Å². The first kappa shape index (κ1) is 15.0. The van der Waals surface area contributed by atoms with Crippen molar-refractivity contribution < 1.29 is 14.3 Å². The number of esters is 1. The van der Waals surface area contributed by atoms with Crippen molar-refractivity contribution >= 4 is 28.2 Å². The maximum atomic E-state index is 12.0. The summed E-state index contributed by atoms with van der Waals surface area (Å²) >= 11 is 1.37. The van der Waals surface area contributed by atoms with Gasteiger partial charge in [-0.3, -0.25) is 4.79 Å². The highest BCUT2D eigenvalue weighted by atomic mass is 32.1. The highest BCUT2D eigenvalue weighted by Crippen LogP contribution is 2.33. The Bertz CT molecular complexity index is 520. The van der Waals surface area contributed by atoms with E-state index in [-0.39, 0.29) is 11.4 Å². The van der Waals surface area contributed by atoms with Gasteiger partial charge in [-0.2, -0.15) is 0 Å². The van der Waals surface area contributed by atoms with E-state index in [2.05, 4.69) is 5.32 Å². The Morgan fingerprint density at radius 2 is 2.20 bits per heavy atom. The van der Waals surface area contributed by atoms with Crippen LogP contribution in [0.3, 0.4) is 0 Å². The van der Waals surface area contributed by atoms with E-state index < -0.39 is 5.97 Å². The minimum atomic E-state index is -0.404. The van der Waals surface area contributed by atoms with Gasteiger partial charge < -0.3 is 15.8 Å². The highest BCUT2D eigenvalue weighted by molar-refractivity contribution is 7.16. The minimum Gasteiger partial charge on any atom is -0.462 e. The molecule has 1 heterocycles. The molecule has 0 radical (unpaired) electrons. The Balaban J connectivity index is 2.04. The van der Waals surface area contributed by atoms with E-state index in [0.717, 1.165) is 24.1 Å². The van der Waals surface area contributed by atoms with Crippen LogP contribution >= 0.6 is 11.3 Å². The summed E-state index contributed by atoms with van der Waals surface area (Å²) in [7, 11) is 0. The lowest BCUT2D eigenvalue weighted by atomic mass is 9.75. The molecular formula is C14H20N2O3S. The second kappa shape index (κ2) is 5.93. The van der Waals surface area contributed by atoms with E-state index in [1.165, 1.54) is 11.3 Å². The van der Waals surface area contributed by atoms with Gasteiger partial charge in [-0.15, -0.1) is 11.3 Å². The maximum Gasteiger partial charge on any atom is 0.341 e. The number of hydrogen-bond donors (Lipinski definition) is 2.